The highest BCUT2D eigenvalue weighted by Gasteiger charge is 2.19. The zero-order valence-electron chi connectivity index (χ0n) is 14.8. The maximum absolute atomic E-state index is 12.3. The third-order valence-corrected chi connectivity index (χ3v) is 4.56. The van der Waals surface area contributed by atoms with Gasteiger partial charge in [0.25, 0.3) is 0 Å². The number of anilines is 1. The Kier molecular flexibility index (Phi) is 6.14. The SMILES string of the molecule is CCc1cccc(NC(=O)CN2CCN(Cc3ccccn3)CC2)c1. The standard InChI is InChI=1S/C20H26N4O/c1-2-17-6-5-8-18(14-17)22-20(25)16-24-12-10-23(11-13-24)15-19-7-3-4-9-21-19/h3-9,14H,2,10-13,15-16H2,1H3,(H,22,25). The monoisotopic (exact) mass is 338 g/mol. The number of hydrogen-bond donors (Lipinski definition) is 1. The maximum atomic E-state index is 12.3. The molecule has 5 heteroatoms. The fourth-order valence-electron chi connectivity index (χ4n) is 3.10. The molecule has 1 fully saturated rings. The van der Waals surface area contributed by atoms with Crippen molar-refractivity contribution in [1.29, 1.82) is 0 Å². The van der Waals surface area contributed by atoms with Crippen molar-refractivity contribution in [2.45, 2.75) is 19.9 Å². The van der Waals surface area contributed by atoms with Crippen LogP contribution in [-0.4, -0.2) is 53.4 Å². The molecule has 2 aromatic rings. The van der Waals surface area contributed by atoms with Crippen LogP contribution in [0.2, 0.25) is 0 Å². The zero-order valence-corrected chi connectivity index (χ0v) is 14.8. The second-order valence-electron chi connectivity index (χ2n) is 6.48. The highest BCUT2D eigenvalue weighted by molar-refractivity contribution is 5.92. The summed E-state index contributed by atoms with van der Waals surface area (Å²) in [5.74, 6) is 0.0615. The second kappa shape index (κ2) is 8.74. The van der Waals surface area contributed by atoms with E-state index in [1.54, 1.807) is 0 Å². The number of hydrogen-bond acceptors (Lipinski definition) is 4. The van der Waals surface area contributed by atoms with Crippen molar-refractivity contribution in [2.75, 3.05) is 38.0 Å². The van der Waals surface area contributed by atoms with Crippen LogP contribution in [0.1, 0.15) is 18.2 Å². The molecule has 1 N–H and O–H groups in total. The second-order valence-corrected chi connectivity index (χ2v) is 6.48. The van der Waals surface area contributed by atoms with Crippen LogP contribution >= 0.6 is 0 Å². The number of amides is 1. The first kappa shape index (κ1) is 17.6. The van der Waals surface area contributed by atoms with E-state index in [1.807, 2.05) is 36.5 Å². The molecule has 1 amide bonds. The molecule has 1 aromatic carbocycles. The van der Waals surface area contributed by atoms with Gasteiger partial charge < -0.3 is 5.32 Å². The highest BCUT2D eigenvalue weighted by Crippen LogP contribution is 2.12. The summed E-state index contributed by atoms with van der Waals surface area (Å²) in [7, 11) is 0. The molecule has 3 rings (SSSR count). The summed E-state index contributed by atoms with van der Waals surface area (Å²) in [5.41, 5.74) is 3.23. The van der Waals surface area contributed by atoms with Gasteiger partial charge in [0.2, 0.25) is 5.91 Å². The average molecular weight is 338 g/mol. The molecule has 0 spiro atoms. The predicted octanol–water partition coefficient (Wildman–Crippen LogP) is 2.40. The lowest BCUT2D eigenvalue weighted by atomic mass is 10.1. The van der Waals surface area contributed by atoms with Crippen LogP contribution in [0.4, 0.5) is 5.69 Å². The van der Waals surface area contributed by atoms with Crippen LogP contribution in [0.5, 0.6) is 0 Å². The van der Waals surface area contributed by atoms with E-state index < -0.39 is 0 Å². The van der Waals surface area contributed by atoms with E-state index in [4.69, 9.17) is 0 Å². The van der Waals surface area contributed by atoms with Crippen molar-refractivity contribution >= 4 is 11.6 Å². The summed E-state index contributed by atoms with van der Waals surface area (Å²) in [6, 6.07) is 14.1. The van der Waals surface area contributed by atoms with E-state index in [9.17, 15) is 4.79 Å². The van der Waals surface area contributed by atoms with E-state index >= 15 is 0 Å². The Balaban J connectivity index is 1.43. The van der Waals surface area contributed by atoms with Crippen molar-refractivity contribution in [3.05, 3.63) is 59.9 Å². The lowest BCUT2D eigenvalue weighted by Gasteiger charge is -2.34. The minimum absolute atomic E-state index is 0.0615. The van der Waals surface area contributed by atoms with Crippen LogP contribution in [0.3, 0.4) is 0 Å². The first-order valence-corrected chi connectivity index (χ1v) is 8.96. The fourth-order valence-corrected chi connectivity index (χ4v) is 3.10. The van der Waals surface area contributed by atoms with Crippen LogP contribution in [0.25, 0.3) is 0 Å². The largest absolute Gasteiger partial charge is 0.325 e. The Morgan fingerprint density at radius 2 is 1.88 bits per heavy atom. The number of carbonyl (C=O) groups is 1. The van der Waals surface area contributed by atoms with Gasteiger partial charge in [0, 0.05) is 44.6 Å². The zero-order chi connectivity index (χ0) is 17.5. The Morgan fingerprint density at radius 3 is 2.60 bits per heavy atom. The van der Waals surface area contributed by atoms with E-state index in [0.29, 0.717) is 6.54 Å². The van der Waals surface area contributed by atoms with Gasteiger partial charge in [-0.3, -0.25) is 19.6 Å². The highest BCUT2D eigenvalue weighted by atomic mass is 16.2. The Bertz CT molecular complexity index is 681. The van der Waals surface area contributed by atoms with E-state index in [2.05, 4.69) is 39.2 Å². The molecular weight excluding hydrogens is 312 g/mol. The van der Waals surface area contributed by atoms with Crippen LogP contribution in [-0.2, 0) is 17.8 Å². The number of pyridine rings is 1. The smallest absolute Gasteiger partial charge is 0.238 e. The number of nitrogens with one attached hydrogen (secondary N) is 1. The number of aromatic nitrogens is 1. The van der Waals surface area contributed by atoms with E-state index in [-0.39, 0.29) is 5.91 Å². The Hall–Kier alpha value is -2.24. The van der Waals surface area contributed by atoms with Crippen molar-refractivity contribution in [1.82, 2.24) is 14.8 Å². The summed E-state index contributed by atoms with van der Waals surface area (Å²) in [6.45, 7) is 7.21. The molecule has 0 radical (unpaired) electrons. The quantitative estimate of drug-likeness (QED) is 0.879. The molecular formula is C20H26N4O. The number of nitrogens with zero attached hydrogens (tertiary/aromatic N) is 3. The third-order valence-electron chi connectivity index (χ3n) is 4.56. The molecule has 0 atom stereocenters. The van der Waals surface area contributed by atoms with E-state index in [0.717, 1.165) is 50.5 Å². The number of carbonyl (C=O) groups excluding carboxylic acids is 1. The van der Waals surface area contributed by atoms with Gasteiger partial charge in [0.1, 0.15) is 0 Å². The summed E-state index contributed by atoms with van der Waals surface area (Å²) < 4.78 is 0. The third kappa shape index (κ3) is 5.37. The van der Waals surface area contributed by atoms with Gasteiger partial charge in [-0.1, -0.05) is 25.1 Å². The van der Waals surface area contributed by atoms with Gasteiger partial charge in [0.15, 0.2) is 0 Å². The Labute approximate surface area is 149 Å². The Morgan fingerprint density at radius 1 is 1.08 bits per heavy atom. The van der Waals surface area contributed by atoms with Crippen LogP contribution < -0.4 is 5.32 Å². The average Bonchev–Trinajstić information content (AvgIpc) is 2.64. The van der Waals surface area contributed by atoms with Gasteiger partial charge in [0.05, 0.1) is 12.2 Å². The minimum Gasteiger partial charge on any atom is -0.325 e. The molecule has 1 aromatic heterocycles. The summed E-state index contributed by atoms with van der Waals surface area (Å²) in [5, 5.41) is 3.01. The molecule has 0 unspecified atom stereocenters. The van der Waals surface area contributed by atoms with Crippen LogP contribution in [0, 0.1) is 0 Å². The van der Waals surface area contributed by atoms with Crippen LogP contribution in [0.15, 0.2) is 48.7 Å². The summed E-state index contributed by atoms with van der Waals surface area (Å²) in [6.07, 6.45) is 2.81. The molecule has 1 saturated heterocycles. The topological polar surface area (TPSA) is 48.5 Å². The molecule has 5 nitrogen and oxygen atoms in total. The van der Waals surface area contributed by atoms with Crippen molar-refractivity contribution in [3.8, 4) is 0 Å². The molecule has 25 heavy (non-hydrogen) atoms. The minimum atomic E-state index is 0.0615. The van der Waals surface area contributed by atoms with Crippen molar-refractivity contribution < 1.29 is 4.79 Å². The molecule has 2 heterocycles. The van der Waals surface area contributed by atoms with Gasteiger partial charge in [-0.2, -0.15) is 0 Å². The molecule has 1 aliphatic heterocycles. The molecule has 0 saturated carbocycles. The van der Waals surface area contributed by atoms with Gasteiger partial charge in [-0.25, -0.2) is 0 Å². The molecule has 0 bridgehead atoms. The van der Waals surface area contributed by atoms with Gasteiger partial charge in [-0.15, -0.1) is 0 Å². The number of rotatable bonds is 6. The molecule has 132 valence electrons. The first-order chi connectivity index (χ1) is 12.2. The first-order valence-electron chi connectivity index (χ1n) is 8.96. The maximum Gasteiger partial charge on any atom is 0.238 e. The lowest BCUT2D eigenvalue weighted by Crippen LogP contribution is -2.48. The fraction of sp³-hybridized carbons (Fsp3) is 0.400. The van der Waals surface area contributed by atoms with E-state index in [1.165, 1.54) is 5.56 Å². The number of benzene rings is 1. The normalized spacial score (nSPS) is 15.9. The van der Waals surface area contributed by atoms with Gasteiger partial charge >= 0.3 is 0 Å². The molecule has 0 aliphatic carbocycles. The van der Waals surface area contributed by atoms with Crippen molar-refractivity contribution in [2.24, 2.45) is 0 Å². The number of aryl methyl sites for hydroxylation is 1. The summed E-state index contributed by atoms with van der Waals surface area (Å²) in [4.78, 5) is 21.3. The van der Waals surface area contributed by atoms with Crippen molar-refractivity contribution in [3.63, 3.8) is 0 Å². The lowest BCUT2D eigenvalue weighted by molar-refractivity contribution is -0.117. The summed E-state index contributed by atoms with van der Waals surface area (Å²) >= 11 is 0. The number of piperazine rings is 1. The van der Waals surface area contributed by atoms with Gasteiger partial charge in [-0.05, 0) is 36.2 Å². The predicted molar refractivity (Wildman–Crippen MR) is 100 cm³/mol. The molecule has 1 aliphatic rings.